The Morgan fingerprint density at radius 3 is 2.54 bits per heavy atom. The molecule has 1 aromatic carbocycles. The van der Waals surface area contributed by atoms with Crippen molar-refractivity contribution >= 4 is 23.2 Å². The van der Waals surface area contributed by atoms with Crippen LogP contribution in [0.3, 0.4) is 0 Å². The summed E-state index contributed by atoms with van der Waals surface area (Å²) in [6, 6.07) is 12.0. The molecule has 1 atom stereocenters. The van der Waals surface area contributed by atoms with E-state index in [1.807, 2.05) is 39.0 Å². The van der Waals surface area contributed by atoms with Crippen molar-refractivity contribution in [1.82, 2.24) is 5.32 Å². The molecular formula is C19H23NO3S. The van der Waals surface area contributed by atoms with Crippen molar-refractivity contribution in [3.8, 4) is 0 Å². The first kappa shape index (κ1) is 18.2. The molecule has 0 saturated heterocycles. The van der Waals surface area contributed by atoms with E-state index in [0.717, 1.165) is 22.6 Å². The van der Waals surface area contributed by atoms with Crippen molar-refractivity contribution in [2.75, 3.05) is 6.61 Å². The van der Waals surface area contributed by atoms with Gasteiger partial charge in [-0.2, -0.15) is 0 Å². The van der Waals surface area contributed by atoms with Gasteiger partial charge in [-0.15, -0.1) is 11.3 Å². The number of amides is 1. The third-order valence-electron chi connectivity index (χ3n) is 3.71. The van der Waals surface area contributed by atoms with Crippen LogP contribution in [0.15, 0.2) is 36.4 Å². The molecule has 1 aromatic heterocycles. The van der Waals surface area contributed by atoms with E-state index < -0.39 is 5.97 Å². The van der Waals surface area contributed by atoms with E-state index in [4.69, 9.17) is 4.74 Å². The van der Waals surface area contributed by atoms with Crippen molar-refractivity contribution in [3.63, 3.8) is 0 Å². The molecule has 5 heteroatoms. The summed E-state index contributed by atoms with van der Waals surface area (Å²) in [6.07, 6.45) is 1.74. The van der Waals surface area contributed by atoms with Gasteiger partial charge >= 0.3 is 5.97 Å². The predicted molar refractivity (Wildman–Crippen MR) is 96.4 cm³/mol. The van der Waals surface area contributed by atoms with Crippen LogP contribution in [0, 0.1) is 13.8 Å². The first-order valence-electron chi connectivity index (χ1n) is 8.03. The van der Waals surface area contributed by atoms with E-state index in [1.54, 1.807) is 17.4 Å². The Hall–Kier alpha value is -2.14. The molecule has 0 radical (unpaired) electrons. The second-order valence-electron chi connectivity index (χ2n) is 5.90. The third kappa shape index (κ3) is 5.49. The second kappa shape index (κ2) is 8.64. The SMILES string of the molecule is Cc1cc(C(=O)OCC(=O)N[C@H](C)CCc2ccccc2)c(C)s1. The maximum absolute atomic E-state index is 12.0. The van der Waals surface area contributed by atoms with Gasteiger partial charge in [0.05, 0.1) is 5.56 Å². The molecule has 2 rings (SSSR count). The van der Waals surface area contributed by atoms with Crippen molar-refractivity contribution in [3.05, 3.63) is 57.3 Å². The Labute approximate surface area is 146 Å². The van der Waals surface area contributed by atoms with Crippen LogP contribution < -0.4 is 5.32 Å². The number of carbonyl (C=O) groups is 2. The maximum Gasteiger partial charge on any atom is 0.339 e. The topological polar surface area (TPSA) is 55.4 Å². The fourth-order valence-electron chi connectivity index (χ4n) is 2.46. The maximum atomic E-state index is 12.0. The van der Waals surface area contributed by atoms with Crippen LogP contribution in [0.5, 0.6) is 0 Å². The van der Waals surface area contributed by atoms with E-state index in [9.17, 15) is 9.59 Å². The highest BCUT2D eigenvalue weighted by molar-refractivity contribution is 7.12. The molecule has 0 saturated carbocycles. The molecule has 0 unspecified atom stereocenters. The number of hydrogen-bond donors (Lipinski definition) is 1. The van der Waals surface area contributed by atoms with E-state index >= 15 is 0 Å². The Bertz CT molecular complexity index is 694. The molecule has 0 aliphatic heterocycles. The molecule has 24 heavy (non-hydrogen) atoms. The van der Waals surface area contributed by atoms with Crippen LogP contribution in [0.1, 0.15) is 39.0 Å². The van der Waals surface area contributed by atoms with Gasteiger partial charge in [0.25, 0.3) is 5.91 Å². The normalized spacial score (nSPS) is 11.8. The number of carbonyl (C=O) groups excluding carboxylic acids is 2. The molecule has 0 aliphatic carbocycles. The van der Waals surface area contributed by atoms with Gasteiger partial charge in [0.15, 0.2) is 6.61 Å². The number of ether oxygens (including phenoxy) is 1. The van der Waals surface area contributed by atoms with Crippen molar-refractivity contribution in [2.45, 2.75) is 39.7 Å². The van der Waals surface area contributed by atoms with E-state index in [-0.39, 0.29) is 18.6 Å². The van der Waals surface area contributed by atoms with E-state index in [2.05, 4.69) is 17.4 Å². The Kier molecular flexibility index (Phi) is 6.55. The summed E-state index contributed by atoms with van der Waals surface area (Å²) in [6.45, 7) is 5.52. The van der Waals surface area contributed by atoms with Crippen LogP contribution in [0.2, 0.25) is 0 Å². The number of nitrogens with one attached hydrogen (secondary N) is 1. The lowest BCUT2D eigenvalue weighted by Gasteiger charge is -2.14. The number of rotatable bonds is 7. The molecule has 0 fully saturated rings. The average molecular weight is 345 g/mol. The fourth-order valence-corrected chi connectivity index (χ4v) is 3.37. The zero-order chi connectivity index (χ0) is 17.5. The average Bonchev–Trinajstić information content (AvgIpc) is 2.90. The first-order valence-corrected chi connectivity index (χ1v) is 8.85. The third-order valence-corrected chi connectivity index (χ3v) is 4.68. The van der Waals surface area contributed by atoms with Crippen LogP contribution >= 0.6 is 11.3 Å². The Morgan fingerprint density at radius 1 is 1.21 bits per heavy atom. The van der Waals surface area contributed by atoms with Crippen molar-refractivity contribution in [1.29, 1.82) is 0 Å². The molecule has 0 aliphatic rings. The zero-order valence-corrected chi connectivity index (χ0v) is 15.1. The zero-order valence-electron chi connectivity index (χ0n) is 14.3. The largest absolute Gasteiger partial charge is 0.452 e. The fraction of sp³-hybridized carbons (Fsp3) is 0.368. The molecular weight excluding hydrogens is 322 g/mol. The molecule has 128 valence electrons. The van der Waals surface area contributed by atoms with Gasteiger partial charge in [-0.25, -0.2) is 4.79 Å². The molecule has 0 bridgehead atoms. The molecule has 1 amide bonds. The minimum Gasteiger partial charge on any atom is -0.452 e. The Morgan fingerprint density at radius 2 is 1.92 bits per heavy atom. The molecule has 0 spiro atoms. The quantitative estimate of drug-likeness (QED) is 0.779. The van der Waals surface area contributed by atoms with Gasteiger partial charge in [0.2, 0.25) is 0 Å². The van der Waals surface area contributed by atoms with Crippen molar-refractivity contribution < 1.29 is 14.3 Å². The minimum atomic E-state index is -0.441. The summed E-state index contributed by atoms with van der Waals surface area (Å²) in [5.41, 5.74) is 1.79. The minimum absolute atomic E-state index is 0.0292. The van der Waals surface area contributed by atoms with Gasteiger partial charge < -0.3 is 10.1 Å². The molecule has 2 aromatic rings. The summed E-state index contributed by atoms with van der Waals surface area (Å²) < 4.78 is 5.10. The number of hydrogen-bond acceptors (Lipinski definition) is 4. The van der Waals surface area contributed by atoms with Crippen LogP contribution in [0.25, 0.3) is 0 Å². The lowest BCUT2D eigenvalue weighted by atomic mass is 10.1. The summed E-state index contributed by atoms with van der Waals surface area (Å²) in [5.74, 6) is -0.711. The van der Waals surface area contributed by atoms with Gasteiger partial charge in [-0.3, -0.25) is 4.79 Å². The summed E-state index contributed by atoms with van der Waals surface area (Å²) >= 11 is 1.55. The molecule has 1 N–H and O–H groups in total. The van der Waals surface area contributed by atoms with Crippen LogP contribution in [-0.4, -0.2) is 24.5 Å². The lowest BCUT2D eigenvalue weighted by Crippen LogP contribution is -2.36. The van der Waals surface area contributed by atoms with Gasteiger partial charge in [0.1, 0.15) is 0 Å². The standard InChI is InChI=1S/C19H23NO3S/c1-13(9-10-16-7-5-4-6-8-16)20-18(21)12-23-19(22)17-11-14(2)24-15(17)3/h4-8,11,13H,9-10,12H2,1-3H3,(H,20,21)/t13-/m1/s1. The van der Waals surface area contributed by atoms with Gasteiger partial charge in [-0.05, 0) is 45.2 Å². The number of esters is 1. The summed E-state index contributed by atoms with van der Waals surface area (Å²) in [4.78, 5) is 25.9. The first-order chi connectivity index (χ1) is 11.5. The smallest absolute Gasteiger partial charge is 0.339 e. The molecule has 4 nitrogen and oxygen atoms in total. The number of thiophene rings is 1. The second-order valence-corrected chi connectivity index (χ2v) is 7.36. The van der Waals surface area contributed by atoms with E-state index in [1.165, 1.54) is 5.56 Å². The van der Waals surface area contributed by atoms with Crippen LogP contribution in [-0.2, 0) is 16.0 Å². The van der Waals surface area contributed by atoms with Gasteiger partial charge in [0, 0.05) is 15.8 Å². The van der Waals surface area contributed by atoms with Crippen LogP contribution in [0.4, 0.5) is 0 Å². The number of aryl methyl sites for hydroxylation is 3. The highest BCUT2D eigenvalue weighted by Gasteiger charge is 2.15. The van der Waals surface area contributed by atoms with Gasteiger partial charge in [-0.1, -0.05) is 30.3 Å². The molecule has 1 heterocycles. The predicted octanol–water partition coefficient (Wildman–Crippen LogP) is 3.66. The monoisotopic (exact) mass is 345 g/mol. The summed E-state index contributed by atoms with van der Waals surface area (Å²) in [7, 11) is 0. The number of benzene rings is 1. The highest BCUT2D eigenvalue weighted by atomic mass is 32.1. The lowest BCUT2D eigenvalue weighted by molar-refractivity contribution is -0.124. The van der Waals surface area contributed by atoms with E-state index in [0.29, 0.717) is 5.56 Å². The Balaban J connectivity index is 1.72. The summed E-state index contributed by atoms with van der Waals surface area (Å²) in [5, 5.41) is 2.86. The van der Waals surface area contributed by atoms with Crippen molar-refractivity contribution in [2.24, 2.45) is 0 Å². The highest BCUT2D eigenvalue weighted by Crippen LogP contribution is 2.21.